The molecule has 3 nitrogen and oxygen atoms in total. The molecule has 1 N–H and O–H groups in total. The largest absolute Gasteiger partial charge is 0.427 e. The Kier molecular flexibility index (Phi) is 6.25. The van der Waals surface area contributed by atoms with Gasteiger partial charge in [-0.05, 0) is 102 Å². The zero-order valence-corrected chi connectivity index (χ0v) is 24.2. The number of fused-ring (bicyclic) bond motifs is 4. The zero-order valence-electron chi connectivity index (χ0n) is 24.2. The smallest absolute Gasteiger partial charge is 0.311 e. The molecule has 0 spiro atoms. The van der Waals surface area contributed by atoms with Crippen molar-refractivity contribution in [1.29, 1.82) is 0 Å². The fourth-order valence-corrected chi connectivity index (χ4v) is 5.57. The molecule has 0 fully saturated rings. The van der Waals surface area contributed by atoms with Crippen LogP contribution in [-0.4, -0.2) is 28.8 Å². The molecule has 0 atom stereocenters. The predicted molar refractivity (Wildman–Crippen MR) is 168 cm³/mol. The number of hydrogen-bond donors (Lipinski definition) is 1. The highest BCUT2D eigenvalue weighted by molar-refractivity contribution is 6.46. The lowest BCUT2D eigenvalue weighted by atomic mass is 9.81. The third-order valence-electron chi connectivity index (χ3n) is 8.95. The van der Waals surface area contributed by atoms with Gasteiger partial charge >= 0.3 is 7.48 Å². The first-order valence-corrected chi connectivity index (χ1v) is 14.0. The molecule has 40 heavy (non-hydrogen) atoms. The average molecular weight is 526 g/mol. The zero-order chi connectivity index (χ0) is 28.3. The van der Waals surface area contributed by atoms with E-state index >= 15 is 0 Å². The Morgan fingerprint density at radius 2 is 1.30 bits per heavy atom. The lowest BCUT2D eigenvalue weighted by Gasteiger charge is -2.37. The molecule has 0 unspecified atom stereocenters. The van der Waals surface area contributed by atoms with Gasteiger partial charge in [-0.3, -0.25) is 4.98 Å². The third kappa shape index (κ3) is 4.56. The van der Waals surface area contributed by atoms with E-state index in [2.05, 4.69) is 105 Å². The van der Waals surface area contributed by atoms with Gasteiger partial charge in [-0.15, -0.1) is 0 Å². The minimum Gasteiger partial charge on any atom is -0.427 e. The fraction of sp³-hybridized carbons (Fsp3) is 0.250. The summed E-state index contributed by atoms with van der Waals surface area (Å²) in [6.07, 6.45) is 1.87. The summed E-state index contributed by atoms with van der Waals surface area (Å²) in [6.45, 7) is 12.0. The van der Waals surface area contributed by atoms with Crippen LogP contribution in [0.3, 0.4) is 0 Å². The van der Waals surface area contributed by atoms with E-state index in [0.717, 1.165) is 16.7 Å². The Hall–Kier alpha value is -3.73. The molecular weight excluding hydrogens is 489 g/mol. The maximum absolute atomic E-state index is 10.4. The van der Waals surface area contributed by atoms with E-state index in [1.807, 2.05) is 20.0 Å². The molecule has 1 aliphatic rings. The first kappa shape index (κ1) is 26.5. The Balaban J connectivity index is 1.27. The lowest BCUT2D eigenvalue weighted by molar-refractivity contribution is -0.0893. The second kappa shape index (κ2) is 9.43. The first-order valence-electron chi connectivity index (χ1n) is 14.0. The van der Waals surface area contributed by atoms with E-state index in [4.69, 9.17) is 9.64 Å². The highest BCUT2D eigenvalue weighted by Crippen LogP contribution is 2.50. The molecular formula is C36H36BNO2. The van der Waals surface area contributed by atoms with Gasteiger partial charge in [0.1, 0.15) is 0 Å². The summed E-state index contributed by atoms with van der Waals surface area (Å²) in [5.41, 5.74) is 9.10. The SMILES string of the molecule is CC1(C)c2cc(-c3ccc4ccccc4c3)ccc2-c2ccc(-c3ccc(BOC(C)(C)C(C)(C)O)cn3)cc21. The molecule has 1 heterocycles. The summed E-state index contributed by atoms with van der Waals surface area (Å²) in [4.78, 5) is 4.77. The lowest BCUT2D eigenvalue weighted by Crippen LogP contribution is -2.49. The molecule has 0 saturated heterocycles. The molecule has 4 aromatic carbocycles. The molecule has 4 heteroatoms. The number of hydrogen-bond acceptors (Lipinski definition) is 3. The maximum atomic E-state index is 10.4. The van der Waals surface area contributed by atoms with Crippen LogP contribution in [0.4, 0.5) is 0 Å². The van der Waals surface area contributed by atoms with Gasteiger partial charge in [0.2, 0.25) is 0 Å². The van der Waals surface area contributed by atoms with E-state index in [0.29, 0.717) is 7.48 Å². The van der Waals surface area contributed by atoms with Gasteiger partial charge < -0.3 is 9.76 Å². The summed E-state index contributed by atoms with van der Waals surface area (Å²) in [5, 5.41) is 12.9. The molecule has 1 aromatic heterocycles. The van der Waals surface area contributed by atoms with Gasteiger partial charge in [0.25, 0.3) is 0 Å². The van der Waals surface area contributed by atoms with Crippen LogP contribution in [0.1, 0.15) is 52.7 Å². The maximum Gasteiger partial charge on any atom is 0.311 e. The first-order chi connectivity index (χ1) is 18.9. The van der Waals surface area contributed by atoms with Crippen LogP contribution in [0.25, 0.3) is 44.3 Å². The van der Waals surface area contributed by atoms with Crippen molar-refractivity contribution in [3.05, 3.63) is 108 Å². The highest BCUT2D eigenvalue weighted by Gasteiger charge is 2.37. The normalized spacial score (nSPS) is 14.2. The molecule has 5 aromatic rings. The van der Waals surface area contributed by atoms with E-state index in [1.54, 1.807) is 13.8 Å². The summed E-state index contributed by atoms with van der Waals surface area (Å²) in [7, 11) is 0.399. The van der Waals surface area contributed by atoms with Gasteiger partial charge in [0.15, 0.2) is 0 Å². The van der Waals surface area contributed by atoms with Crippen molar-refractivity contribution in [2.75, 3.05) is 0 Å². The minimum atomic E-state index is -0.939. The molecule has 6 rings (SSSR count). The Morgan fingerprint density at radius 1 is 0.700 bits per heavy atom. The quantitative estimate of drug-likeness (QED) is 0.235. The summed E-state index contributed by atoms with van der Waals surface area (Å²) in [5.74, 6) is 0. The molecule has 0 bridgehead atoms. The van der Waals surface area contributed by atoms with E-state index in [9.17, 15) is 5.11 Å². The van der Waals surface area contributed by atoms with Gasteiger partial charge in [0, 0.05) is 17.2 Å². The van der Waals surface area contributed by atoms with Crippen molar-refractivity contribution in [1.82, 2.24) is 4.98 Å². The van der Waals surface area contributed by atoms with Crippen LogP contribution in [0.15, 0.2) is 97.2 Å². The number of rotatable bonds is 6. The Bertz CT molecular complexity index is 1730. The highest BCUT2D eigenvalue weighted by atomic mass is 16.5. The Morgan fingerprint density at radius 3 is 1.95 bits per heavy atom. The van der Waals surface area contributed by atoms with Gasteiger partial charge in [-0.1, -0.05) is 80.6 Å². The predicted octanol–water partition coefficient (Wildman–Crippen LogP) is 7.42. The summed E-state index contributed by atoms with van der Waals surface area (Å²) in [6, 6.07) is 33.0. The molecule has 0 amide bonds. The second-order valence-corrected chi connectivity index (χ2v) is 12.6. The van der Waals surface area contributed by atoms with E-state index in [-0.39, 0.29) is 5.41 Å². The van der Waals surface area contributed by atoms with Crippen molar-refractivity contribution in [2.24, 2.45) is 0 Å². The number of aliphatic hydroxyl groups is 1. The van der Waals surface area contributed by atoms with Crippen molar-refractivity contribution in [3.63, 3.8) is 0 Å². The Labute approximate surface area is 238 Å². The van der Waals surface area contributed by atoms with E-state index in [1.165, 1.54) is 44.2 Å². The molecule has 1 aliphatic carbocycles. The van der Waals surface area contributed by atoms with Crippen molar-refractivity contribution < 1.29 is 9.76 Å². The molecule has 0 saturated carbocycles. The number of benzene rings is 4. The van der Waals surface area contributed by atoms with Crippen molar-refractivity contribution >= 4 is 23.7 Å². The van der Waals surface area contributed by atoms with Crippen LogP contribution < -0.4 is 5.46 Å². The standard InChI is InChI=1S/C36H36BNO2/c1-34(2)31-20-26(25-12-11-23-9-7-8-10-24(23)19-25)13-16-29(31)30-17-14-27(21-32(30)34)33-18-15-28(22-38-33)37-40-36(5,6)35(3,4)39/h7-22,37,39H,1-6H3. The van der Waals surface area contributed by atoms with Gasteiger partial charge in [-0.25, -0.2) is 0 Å². The molecule has 0 aliphatic heterocycles. The fourth-order valence-electron chi connectivity index (χ4n) is 5.57. The molecule has 200 valence electrons. The van der Waals surface area contributed by atoms with Crippen LogP contribution in [0.5, 0.6) is 0 Å². The van der Waals surface area contributed by atoms with Crippen molar-refractivity contribution in [3.8, 4) is 33.5 Å². The van der Waals surface area contributed by atoms with E-state index < -0.39 is 11.2 Å². The second-order valence-electron chi connectivity index (χ2n) is 12.6. The third-order valence-corrected chi connectivity index (χ3v) is 8.95. The van der Waals surface area contributed by atoms with Gasteiger partial charge in [-0.2, -0.15) is 0 Å². The summed E-state index contributed by atoms with van der Waals surface area (Å²) < 4.78 is 6.02. The number of nitrogens with zero attached hydrogens (tertiary/aromatic N) is 1. The van der Waals surface area contributed by atoms with Gasteiger partial charge in [0.05, 0.1) is 16.9 Å². The van der Waals surface area contributed by atoms with Crippen LogP contribution in [-0.2, 0) is 10.1 Å². The molecule has 0 radical (unpaired) electrons. The van der Waals surface area contributed by atoms with Crippen LogP contribution in [0.2, 0.25) is 0 Å². The minimum absolute atomic E-state index is 0.121. The average Bonchev–Trinajstić information content (AvgIpc) is 3.17. The number of aromatic nitrogens is 1. The topological polar surface area (TPSA) is 42.4 Å². The number of pyridine rings is 1. The van der Waals surface area contributed by atoms with Crippen LogP contribution in [0, 0.1) is 0 Å². The van der Waals surface area contributed by atoms with Crippen LogP contribution >= 0.6 is 0 Å². The summed E-state index contributed by atoms with van der Waals surface area (Å²) >= 11 is 0. The monoisotopic (exact) mass is 525 g/mol. The van der Waals surface area contributed by atoms with Crippen molar-refractivity contribution in [2.45, 2.75) is 58.2 Å².